The number of imide groups is 1. The van der Waals surface area contributed by atoms with Crippen LogP contribution in [0.1, 0.15) is 64.7 Å². The van der Waals surface area contributed by atoms with Gasteiger partial charge in [0.25, 0.3) is 5.91 Å². The number of hydrogen-bond acceptors (Lipinski definition) is 4. The highest BCUT2D eigenvalue weighted by Crippen LogP contribution is 2.15. The zero-order chi connectivity index (χ0) is 18.7. The minimum atomic E-state index is -0.855. The first kappa shape index (κ1) is 21.0. The molecule has 0 spiro atoms. The third kappa shape index (κ3) is 8.03. The number of amides is 3. The number of carboxylic acid groups (broad SMARTS) is 1. The molecule has 1 heterocycles. The van der Waals surface area contributed by atoms with Crippen LogP contribution in [0.2, 0.25) is 0 Å². The molecule has 0 aromatic rings. The van der Waals surface area contributed by atoms with Crippen LogP contribution in [-0.4, -0.2) is 51.7 Å². The zero-order valence-electron chi connectivity index (χ0n) is 14.8. The fourth-order valence-corrected chi connectivity index (χ4v) is 2.65. The van der Waals surface area contributed by atoms with Gasteiger partial charge in [0.1, 0.15) is 6.04 Å². The second-order valence-electron chi connectivity index (χ2n) is 6.25. The smallest absolute Gasteiger partial charge is 0.324 e. The fourth-order valence-electron chi connectivity index (χ4n) is 2.65. The first-order valence-corrected chi connectivity index (χ1v) is 8.92. The number of carbonyl (C=O) groups excluding carboxylic acids is 2. The Morgan fingerprint density at radius 1 is 1.24 bits per heavy atom. The monoisotopic (exact) mass is 352 g/mol. The highest BCUT2D eigenvalue weighted by molar-refractivity contribution is 6.04. The van der Waals surface area contributed by atoms with Crippen LogP contribution in [0.4, 0.5) is 4.79 Å². The van der Waals surface area contributed by atoms with Crippen molar-refractivity contribution >= 4 is 17.9 Å². The lowest BCUT2D eigenvalue weighted by Gasteiger charge is -2.21. The summed E-state index contributed by atoms with van der Waals surface area (Å²) in [5, 5.41) is 20.8. The molecule has 0 aromatic carbocycles. The molecule has 7 heteroatoms. The molecule has 1 rings (SSSR count). The number of nitrogens with one attached hydrogen (secondary N) is 1. The van der Waals surface area contributed by atoms with Crippen LogP contribution < -0.4 is 5.32 Å². The van der Waals surface area contributed by atoms with E-state index >= 15 is 0 Å². The third-order valence-corrected chi connectivity index (χ3v) is 4.13. The quantitative estimate of drug-likeness (QED) is 0.299. The number of nitrogens with zero attached hydrogens (tertiary/aromatic N) is 1. The van der Waals surface area contributed by atoms with E-state index in [9.17, 15) is 19.5 Å². The molecule has 140 valence electrons. The van der Waals surface area contributed by atoms with Gasteiger partial charge in [0.05, 0.1) is 6.10 Å². The standard InChI is InChI=1S/C18H28N2O5/c1-2-3-6-9-14(21)12-13-20-15(17(24)19-18(20)25)10-7-4-5-8-11-16(22)23/h14-15,21H,2-3,5-6,8-13H2,1H3,(H,22,23)(H,19,24,25). The van der Waals surface area contributed by atoms with E-state index in [4.69, 9.17) is 5.11 Å². The molecule has 0 radical (unpaired) electrons. The van der Waals surface area contributed by atoms with Crippen molar-refractivity contribution in [3.05, 3.63) is 0 Å². The number of hydrogen-bond donors (Lipinski definition) is 3. The van der Waals surface area contributed by atoms with E-state index in [2.05, 4.69) is 24.1 Å². The van der Waals surface area contributed by atoms with Crippen molar-refractivity contribution in [2.24, 2.45) is 0 Å². The summed E-state index contributed by atoms with van der Waals surface area (Å²) in [4.78, 5) is 35.6. The van der Waals surface area contributed by atoms with Crippen LogP contribution in [0.3, 0.4) is 0 Å². The Morgan fingerprint density at radius 3 is 2.68 bits per heavy atom. The molecule has 25 heavy (non-hydrogen) atoms. The van der Waals surface area contributed by atoms with E-state index in [0.717, 1.165) is 19.3 Å². The molecule has 7 nitrogen and oxygen atoms in total. The maximum atomic E-state index is 11.9. The van der Waals surface area contributed by atoms with Gasteiger partial charge in [0.15, 0.2) is 0 Å². The van der Waals surface area contributed by atoms with Crippen molar-refractivity contribution in [1.29, 1.82) is 0 Å². The van der Waals surface area contributed by atoms with Crippen molar-refractivity contribution < 1.29 is 24.6 Å². The molecule has 3 N–H and O–H groups in total. The molecule has 0 saturated carbocycles. The summed E-state index contributed by atoms with van der Waals surface area (Å²) in [6.07, 6.45) is 4.97. The highest BCUT2D eigenvalue weighted by atomic mass is 16.4. The predicted molar refractivity (Wildman–Crippen MR) is 92.7 cm³/mol. The van der Waals surface area contributed by atoms with Gasteiger partial charge in [0, 0.05) is 25.8 Å². The average molecular weight is 352 g/mol. The molecular weight excluding hydrogens is 324 g/mol. The van der Waals surface area contributed by atoms with Crippen LogP contribution in [0.25, 0.3) is 0 Å². The number of carboxylic acids is 1. The van der Waals surface area contributed by atoms with Crippen LogP contribution in [0.5, 0.6) is 0 Å². The minimum absolute atomic E-state index is 0.0686. The summed E-state index contributed by atoms with van der Waals surface area (Å²) in [6.45, 7) is 2.41. The summed E-state index contributed by atoms with van der Waals surface area (Å²) in [5.41, 5.74) is 0. The summed E-state index contributed by atoms with van der Waals surface area (Å²) >= 11 is 0. The predicted octanol–water partition coefficient (Wildman–Crippen LogP) is 1.89. The van der Waals surface area contributed by atoms with E-state index in [1.54, 1.807) is 0 Å². The number of aliphatic carboxylic acids is 1. The summed E-state index contributed by atoms with van der Waals surface area (Å²) in [5.74, 6) is 4.47. The number of aliphatic hydroxyl groups excluding tert-OH is 1. The SMILES string of the molecule is CCCCCC(O)CCN1C(=O)NC(=O)C1CC#CCCCC(=O)O. The lowest BCUT2D eigenvalue weighted by atomic mass is 10.1. The van der Waals surface area contributed by atoms with Crippen molar-refractivity contribution in [2.45, 2.75) is 76.9 Å². The van der Waals surface area contributed by atoms with Crippen LogP contribution in [-0.2, 0) is 9.59 Å². The third-order valence-electron chi connectivity index (χ3n) is 4.13. The maximum absolute atomic E-state index is 11.9. The van der Waals surface area contributed by atoms with Gasteiger partial charge >= 0.3 is 12.0 Å². The van der Waals surface area contributed by atoms with E-state index < -0.39 is 24.1 Å². The van der Waals surface area contributed by atoms with Crippen LogP contribution >= 0.6 is 0 Å². The van der Waals surface area contributed by atoms with Crippen molar-refractivity contribution in [2.75, 3.05) is 6.54 Å². The van der Waals surface area contributed by atoms with Gasteiger partial charge in [-0.25, -0.2) is 4.79 Å². The molecule has 0 aliphatic carbocycles. The topological polar surface area (TPSA) is 107 Å². The van der Waals surface area contributed by atoms with Gasteiger partial charge in [0.2, 0.25) is 0 Å². The van der Waals surface area contributed by atoms with Gasteiger partial charge in [-0.1, -0.05) is 26.2 Å². The second-order valence-corrected chi connectivity index (χ2v) is 6.25. The minimum Gasteiger partial charge on any atom is -0.481 e. The Hall–Kier alpha value is -2.07. The van der Waals surface area contributed by atoms with Gasteiger partial charge in [-0.15, -0.1) is 11.8 Å². The molecule has 0 aromatic heterocycles. The Morgan fingerprint density at radius 2 is 2.00 bits per heavy atom. The first-order valence-electron chi connectivity index (χ1n) is 8.92. The molecule has 2 atom stereocenters. The molecule has 1 aliphatic heterocycles. The lowest BCUT2D eigenvalue weighted by molar-refractivity contribution is -0.137. The van der Waals surface area contributed by atoms with Crippen molar-refractivity contribution in [3.8, 4) is 11.8 Å². The molecule has 1 saturated heterocycles. The van der Waals surface area contributed by atoms with Gasteiger partial charge in [-0.3, -0.25) is 14.9 Å². The first-order chi connectivity index (χ1) is 12.0. The maximum Gasteiger partial charge on any atom is 0.324 e. The molecular formula is C18H28N2O5. The van der Waals surface area contributed by atoms with E-state index in [-0.39, 0.29) is 18.7 Å². The Kier molecular flexibility index (Phi) is 9.63. The van der Waals surface area contributed by atoms with Crippen molar-refractivity contribution in [1.82, 2.24) is 10.2 Å². The normalized spacial score (nSPS) is 17.8. The number of carbonyl (C=O) groups is 3. The van der Waals surface area contributed by atoms with Crippen molar-refractivity contribution in [3.63, 3.8) is 0 Å². The van der Waals surface area contributed by atoms with Gasteiger partial charge < -0.3 is 15.1 Å². The summed E-state index contributed by atoms with van der Waals surface area (Å²) in [6, 6.07) is -1.08. The molecule has 0 bridgehead atoms. The molecule has 2 unspecified atom stereocenters. The summed E-state index contributed by atoms with van der Waals surface area (Å²) in [7, 11) is 0. The number of aliphatic hydroxyl groups is 1. The Labute approximate surface area is 148 Å². The highest BCUT2D eigenvalue weighted by Gasteiger charge is 2.37. The zero-order valence-corrected chi connectivity index (χ0v) is 14.8. The number of unbranched alkanes of at least 4 members (excludes halogenated alkanes) is 3. The van der Waals surface area contributed by atoms with E-state index in [0.29, 0.717) is 32.2 Å². The average Bonchev–Trinajstić information content (AvgIpc) is 2.82. The Bertz CT molecular complexity index is 523. The van der Waals surface area contributed by atoms with Crippen LogP contribution in [0.15, 0.2) is 0 Å². The fraction of sp³-hybridized carbons (Fsp3) is 0.722. The van der Waals surface area contributed by atoms with E-state index in [1.807, 2.05) is 0 Å². The Balaban J connectivity index is 2.42. The molecule has 1 fully saturated rings. The molecule has 3 amide bonds. The van der Waals surface area contributed by atoms with Gasteiger partial charge in [-0.05, 0) is 19.3 Å². The van der Waals surface area contributed by atoms with Gasteiger partial charge in [-0.2, -0.15) is 0 Å². The van der Waals surface area contributed by atoms with Crippen LogP contribution in [0, 0.1) is 11.8 Å². The molecule has 1 aliphatic rings. The largest absolute Gasteiger partial charge is 0.481 e. The number of rotatable bonds is 11. The lowest BCUT2D eigenvalue weighted by Crippen LogP contribution is -2.37. The van der Waals surface area contributed by atoms with E-state index in [1.165, 1.54) is 4.90 Å². The summed E-state index contributed by atoms with van der Waals surface area (Å²) < 4.78 is 0. The number of urea groups is 1. The second kappa shape index (κ2) is 11.5.